The van der Waals surface area contributed by atoms with Crippen molar-refractivity contribution < 1.29 is 9.90 Å². The zero-order chi connectivity index (χ0) is 14.8. The highest BCUT2D eigenvalue weighted by Crippen LogP contribution is 2.25. The first-order valence-electron chi connectivity index (χ1n) is 6.55. The van der Waals surface area contributed by atoms with Crippen LogP contribution < -0.4 is 5.32 Å². The van der Waals surface area contributed by atoms with E-state index in [-0.39, 0.29) is 17.2 Å². The minimum atomic E-state index is -0.447. The van der Waals surface area contributed by atoms with Crippen LogP contribution in [-0.2, 0) is 0 Å². The number of aliphatic hydroxyl groups excluding tert-OH is 1. The molecule has 5 heteroatoms. The molecule has 1 aromatic rings. The molecule has 0 aliphatic carbocycles. The number of nitrogens with one attached hydrogen (secondary N) is 1. The van der Waals surface area contributed by atoms with E-state index in [1.54, 1.807) is 0 Å². The van der Waals surface area contributed by atoms with Gasteiger partial charge in [0, 0.05) is 12.0 Å². The van der Waals surface area contributed by atoms with E-state index >= 15 is 0 Å². The zero-order valence-corrected chi connectivity index (χ0v) is 13.4. The fourth-order valence-electron chi connectivity index (χ4n) is 2.14. The van der Waals surface area contributed by atoms with Gasteiger partial charge in [0.2, 0.25) is 0 Å². The van der Waals surface area contributed by atoms with Gasteiger partial charge in [-0.05, 0) is 19.8 Å². The minimum absolute atomic E-state index is 0.105. The number of hydrogen-bond acceptors (Lipinski definition) is 4. The van der Waals surface area contributed by atoms with Gasteiger partial charge in [0.15, 0.2) is 0 Å². The van der Waals surface area contributed by atoms with Gasteiger partial charge in [0.1, 0.15) is 4.88 Å². The Morgan fingerprint density at radius 3 is 2.42 bits per heavy atom. The SMILES string of the molecule is Cc1nc(C)c(C(=O)NCC(C)(C)C(O)C(C)C)s1. The summed E-state index contributed by atoms with van der Waals surface area (Å²) in [4.78, 5) is 17.0. The average Bonchev–Trinajstić information content (AvgIpc) is 2.64. The predicted octanol–water partition coefficient (Wildman–Crippen LogP) is 2.53. The highest BCUT2D eigenvalue weighted by molar-refractivity contribution is 7.13. The standard InChI is InChI=1S/C14H24N2O2S/c1-8(2)12(17)14(5,6)7-15-13(18)11-9(3)16-10(4)19-11/h8,12,17H,7H2,1-6H3,(H,15,18). The summed E-state index contributed by atoms with van der Waals surface area (Å²) in [7, 11) is 0. The molecule has 1 amide bonds. The van der Waals surface area contributed by atoms with Crippen LogP contribution in [-0.4, -0.2) is 28.6 Å². The largest absolute Gasteiger partial charge is 0.392 e. The lowest BCUT2D eigenvalue weighted by molar-refractivity contribution is 0.0138. The van der Waals surface area contributed by atoms with Crippen molar-refractivity contribution in [3.8, 4) is 0 Å². The van der Waals surface area contributed by atoms with E-state index in [0.717, 1.165) is 10.7 Å². The summed E-state index contributed by atoms with van der Waals surface area (Å²) in [6, 6.07) is 0. The molecule has 1 aromatic heterocycles. The number of aromatic nitrogens is 1. The van der Waals surface area contributed by atoms with E-state index in [0.29, 0.717) is 11.4 Å². The Balaban J connectivity index is 2.67. The van der Waals surface area contributed by atoms with Crippen molar-refractivity contribution in [3.05, 3.63) is 15.6 Å². The molecule has 0 saturated carbocycles. The molecule has 0 aliphatic rings. The van der Waals surface area contributed by atoms with Crippen LogP contribution in [0, 0.1) is 25.2 Å². The first-order valence-corrected chi connectivity index (χ1v) is 7.37. The Morgan fingerprint density at radius 1 is 1.42 bits per heavy atom. The molecule has 0 fully saturated rings. The number of carbonyl (C=O) groups is 1. The predicted molar refractivity (Wildman–Crippen MR) is 78.5 cm³/mol. The topological polar surface area (TPSA) is 62.2 Å². The zero-order valence-electron chi connectivity index (χ0n) is 12.6. The Bertz CT molecular complexity index is 452. The maximum absolute atomic E-state index is 12.1. The van der Waals surface area contributed by atoms with E-state index in [2.05, 4.69) is 10.3 Å². The van der Waals surface area contributed by atoms with Gasteiger partial charge in [-0.1, -0.05) is 27.7 Å². The third kappa shape index (κ3) is 4.01. The van der Waals surface area contributed by atoms with Crippen LogP contribution in [0.25, 0.3) is 0 Å². The van der Waals surface area contributed by atoms with E-state index in [9.17, 15) is 9.90 Å². The molecule has 4 nitrogen and oxygen atoms in total. The van der Waals surface area contributed by atoms with Gasteiger partial charge in [-0.15, -0.1) is 11.3 Å². The molecule has 0 radical (unpaired) electrons. The molecule has 19 heavy (non-hydrogen) atoms. The number of hydrogen-bond donors (Lipinski definition) is 2. The molecule has 2 N–H and O–H groups in total. The van der Waals surface area contributed by atoms with Gasteiger partial charge in [0.05, 0.1) is 16.8 Å². The van der Waals surface area contributed by atoms with Crippen LogP contribution >= 0.6 is 11.3 Å². The van der Waals surface area contributed by atoms with Crippen LogP contribution in [0.15, 0.2) is 0 Å². The highest BCUT2D eigenvalue weighted by Gasteiger charge is 2.30. The van der Waals surface area contributed by atoms with Gasteiger partial charge >= 0.3 is 0 Å². The lowest BCUT2D eigenvalue weighted by atomic mass is 9.80. The highest BCUT2D eigenvalue weighted by atomic mass is 32.1. The molecule has 0 bridgehead atoms. The van der Waals surface area contributed by atoms with Gasteiger partial charge < -0.3 is 10.4 Å². The number of carbonyl (C=O) groups excluding carboxylic acids is 1. The number of aliphatic hydroxyl groups is 1. The third-order valence-corrected chi connectivity index (χ3v) is 4.32. The van der Waals surface area contributed by atoms with Crippen LogP contribution in [0.3, 0.4) is 0 Å². The van der Waals surface area contributed by atoms with E-state index in [1.807, 2.05) is 41.5 Å². The summed E-state index contributed by atoms with van der Waals surface area (Å²) in [5, 5.41) is 13.9. The van der Waals surface area contributed by atoms with Crippen molar-refractivity contribution in [1.29, 1.82) is 0 Å². The second kappa shape index (κ2) is 6.01. The van der Waals surface area contributed by atoms with Crippen LogP contribution in [0.1, 0.15) is 48.1 Å². The third-order valence-electron chi connectivity index (χ3n) is 3.25. The Hall–Kier alpha value is -0.940. The first kappa shape index (κ1) is 16.1. The summed E-state index contributed by atoms with van der Waals surface area (Å²) in [5.74, 6) is 0.0615. The molecule has 0 spiro atoms. The molecule has 1 rings (SSSR count). The quantitative estimate of drug-likeness (QED) is 0.873. The fraction of sp³-hybridized carbons (Fsp3) is 0.714. The summed E-state index contributed by atoms with van der Waals surface area (Å²) in [6.45, 7) is 12.1. The molecular weight excluding hydrogens is 260 g/mol. The number of rotatable bonds is 5. The van der Waals surface area contributed by atoms with Gasteiger partial charge in [-0.25, -0.2) is 4.98 Å². The molecule has 1 atom stereocenters. The molecule has 108 valence electrons. The van der Waals surface area contributed by atoms with E-state index in [1.165, 1.54) is 11.3 Å². The van der Waals surface area contributed by atoms with Crippen LogP contribution in [0.4, 0.5) is 0 Å². The fourth-order valence-corrected chi connectivity index (χ4v) is 2.97. The second-order valence-electron chi connectivity index (χ2n) is 6.01. The van der Waals surface area contributed by atoms with Crippen LogP contribution in [0.2, 0.25) is 0 Å². The maximum atomic E-state index is 12.1. The Kier molecular flexibility index (Phi) is 5.10. The summed E-state index contributed by atoms with van der Waals surface area (Å²) < 4.78 is 0. The van der Waals surface area contributed by atoms with Crippen molar-refractivity contribution in [3.63, 3.8) is 0 Å². The molecule has 1 heterocycles. The van der Waals surface area contributed by atoms with Gasteiger partial charge in [-0.3, -0.25) is 4.79 Å². The lowest BCUT2D eigenvalue weighted by Gasteiger charge is -2.33. The van der Waals surface area contributed by atoms with Gasteiger partial charge in [0.25, 0.3) is 5.91 Å². The summed E-state index contributed by atoms with van der Waals surface area (Å²) in [5.41, 5.74) is 0.416. The molecule has 1 unspecified atom stereocenters. The monoisotopic (exact) mass is 284 g/mol. The maximum Gasteiger partial charge on any atom is 0.263 e. The van der Waals surface area contributed by atoms with Crippen LogP contribution in [0.5, 0.6) is 0 Å². The van der Waals surface area contributed by atoms with Gasteiger partial charge in [-0.2, -0.15) is 0 Å². The van der Waals surface area contributed by atoms with Crippen molar-refractivity contribution >= 4 is 17.2 Å². The van der Waals surface area contributed by atoms with Crippen molar-refractivity contribution in [2.75, 3.05) is 6.54 Å². The normalized spacial score (nSPS) is 13.7. The lowest BCUT2D eigenvalue weighted by Crippen LogP contribution is -2.43. The Labute approximate surface area is 119 Å². The van der Waals surface area contributed by atoms with E-state index < -0.39 is 6.10 Å². The average molecular weight is 284 g/mol. The number of thiazole rings is 1. The summed E-state index contributed by atoms with van der Waals surface area (Å²) in [6.07, 6.45) is -0.447. The van der Waals surface area contributed by atoms with E-state index in [4.69, 9.17) is 0 Å². The smallest absolute Gasteiger partial charge is 0.263 e. The second-order valence-corrected chi connectivity index (χ2v) is 7.21. The van der Waals surface area contributed by atoms with Crippen molar-refractivity contribution in [2.24, 2.45) is 11.3 Å². The summed E-state index contributed by atoms with van der Waals surface area (Å²) >= 11 is 1.40. The number of aryl methyl sites for hydroxylation is 2. The Morgan fingerprint density at radius 2 is 2.00 bits per heavy atom. The molecule has 0 aliphatic heterocycles. The molecule has 0 aromatic carbocycles. The first-order chi connectivity index (χ1) is 8.65. The molecule has 0 saturated heterocycles. The minimum Gasteiger partial charge on any atom is -0.392 e. The molecular formula is C14H24N2O2S. The number of nitrogens with zero attached hydrogens (tertiary/aromatic N) is 1. The van der Waals surface area contributed by atoms with Crippen molar-refractivity contribution in [2.45, 2.75) is 47.6 Å². The number of amides is 1. The van der Waals surface area contributed by atoms with Crippen molar-refractivity contribution in [1.82, 2.24) is 10.3 Å².